The van der Waals surface area contributed by atoms with E-state index >= 15 is 0 Å². The number of likely N-dealkylation sites (N-methyl/N-ethyl adjacent to an activating group) is 1. The Labute approximate surface area is 72.5 Å². The molecule has 2 rings (SSSR count). The van der Waals surface area contributed by atoms with Crippen LogP contribution in [0.5, 0.6) is 0 Å². The molecule has 2 heterocycles. The summed E-state index contributed by atoms with van der Waals surface area (Å²) in [4.78, 5) is 15.3. The van der Waals surface area contributed by atoms with Gasteiger partial charge >= 0.3 is 6.03 Å². The van der Waals surface area contributed by atoms with Gasteiger partial charge in [-0.1, -0.05) is 0 Å². The molecule has 2 amide bonds. The zero-order valence-corrected chi connectivity index (χ0v) is 7.42. The number of hydrogen-bond donors (Lipinski definition) is 1. The monoisotopic (exact) mass is 169 g/mol. The maximum atomic E-state index is 11.5. The van der Waals surface area contributed by atoms with Crippen molar-refractivity contribution in [2.45, 2.75) is 12.5 Å². The third-order valence-electron chi connectivity index (χ3n) is 2.72. The molecule has 2 saturated heterocycles. The van der Waals surface area contributed by atoms with Crippen molar-refractivity contribution in [1.29, 1.82) is 0 Å². The smallest absolute Gasteiger partial charge is 0.320 e. The van der Waals surface area contributed by atoms with Crippen LogP contribution in [-0.2, 0) is 0 Å². The predicted molar refractivity (Wildman–Crippen MR) is 46.0 cm³/mol. The molecule has 0 aliphatic carbocycles. The number of rotatable bonds is 1. The number of hydrogen-bond acceptors (Lipinski definition) is 2. The van der Waals surface area contributed by atoms with Gasteiger partial charge in [0, 0.05) is 32.7 Å². The molecule has 1 N–H and O–H groups in total. The molecule has 0 spiro atoms. The van der Waals surface area contributed by atoms with Crippen LogP contribution in [0.15, 0.2) is 0 Å². The highest BCUT2D eigenvalue weighted by Crippen LogP contribution is 2.14. The number of carbonyl (C=O) groups is 1. The Kier molecular flexibility index (Phi) is 1.92. The molecule has 2 fully saturated rings. The Morgan fingerprint density at radius 3 is 2.83 bits per heavy atom. The maximum Gasteiger partial charge on any atom is 0.320 e. The summed E-state index contributed by atoms with van der Waals surface area (Å²) < 4.78 is 0. The minimum atomic E-state index is 0.198. The van der Waals surface area contributed by atoms with E-state index in [1.54, 1.807) is 4.90 Å². The van der Waals surface area contributed by atoms with E-state index in [1.165, 1.54) is 0 Å². The van der Waals surface area contributed by atoms with Gasteiger partial charge < -0.3 is 15.1 Å². The number of carbonyl (C=O) groups excluding carboxylic acids is 1. The average Bonchev–Trinajstić information content (AvgIpc) is 2.64. The summed E-state index contributed by atoms with van der Waals surface area (Å²) >= 11 is 0. The Morgan fingerprint density at radius 1 is 1.50 bits per heavy atom. The molecule has 0 aromatic heterocycles. The van der Waals surface area contributed by atoms with Gasteiger partial charge in [0.15, 0.2) is 0 Å². The van der Waals surface area contributed by atoms with Gasteiger partial charge in [0.25, 0.3) is 0 Å². The first-order chi connectivity index (χ1) is 5.79. The van der Waals surface area contributed by atoms with E-state index in [1.807, 2.05) is 11.9 Å². The fraction of sp³-hybridized carbons (Fsp3) is 0.875. The number of nitrogens with one attached hydrogen (secondary N) is 1. The van der Waals surface area contributed by atoms with E-state index in [0.717, 1.165) is 32.6 Å². The number of nitrogens with zero attached hydrogens (tertiary/aromatic N) is 2. The lowest BCUT2D eigenvalue weighted by Gasteiger charge is -2.22. The molecule has 68 valence electrons. The lowest BCUT2D eigenvalue weighted by Crippen LogP contribution is -2.39. The summed E-state index contributed by atoms with van der Waals surface area (Å²) in [5, 5.41) is 3.27. The Bertz CT molecular complexity index is 189. The SMILES string of the molecule is CN1CCN([C@@H]2CCNC2)C1=O. The summed E-state index contributed by atoms with van der Waals surface area (Å²) in [6, 6.07) is 0.645. The molecular formula is C8H15N3O. The standard InChI is InChI=1S/C8H15N3O/c1-10-4-5-11(8(10)12)7-2-3-9-6-7/h7,9H,2-6H2,1H3/t7-/m1/s1. The molecule has 0 saturated carbocycles. The van der Waals surface area contributed by atoms with E-state index in [4.69, 9.17) is 0 Å². The molecule has 4 heteroatoms. The fourth-order valence-electron chi connectivity index (χ4n) is 1.91. The van der Waals surface area contributed by atoms with E-state index in [0.29, 0.717) is 6.04 Å². The number of urea groups is 1. The fourth-order valence-corrected chi connectivity index (χ4v) is 1.91. The number of amides is 2. The van der Waals surface area contributed by atoms with Crippen molar-refractivity contribution in [3.05, 3.63) is 0 Å². The molecule has 0 radical (unpaired) electrons. The molecule has 1 atom stereocenters. The van der Waals surface area contributed by atoms with Crippen molar-refractivity contribution in [1.82, 2.24) is 15.1 Å². The normalized spacial score (nSPS) is 30.4. The summed E-state index contributed by atoms with van der Waals surface area (Å²) in [7, 11) is 1.87. The van der Waals surface area contributed by atoms with E-state index < -0.39 is 0 Å². The summed E-state index contributed by atoms with van der Waals surface area (Å²) in [5.74, 6) is 0. The van der Waals surface area contributed by atoms with Crippen LogP contribution in [0.25, 0.3) is 0 Å². The van der Waals surface area contributed by atoms with Gasteiger partial charge in [0.05, 0.1) is 0 Å². The van der Waals surface area contributed by atoms with Crippen LogP contribution in [0, 0.1) is 0 Å². The van der Waals surface area contributed by atoms with E-state index in [2.05, 4.69) is 5.32 Å². The van der Waals surface area contributed by atoms with Crippen molar-refractivity contribution in [3.63, 3.8) is 0 Å². The second-order valence-corrected chi connectivity index (χ2v) is 3.54. The Balaban J connectivity index is 1.99. The molecule has 0 aromatic rings. The molecule has 0 bridgehead atoms. The highest BCUT2D eigenvalue weighted by molar-refractivity contribution is 5.76. The topological polar surface area (TPSA) is 35.6 Å². The quantitative estimate of drug-likeness (QED) is 0.586. The van der Waals surface area contributed by atoms with Crippen LogP contribution < -0.4 is 5.32 Å². The van der Waals surface area contributed by atoms with Gasteiger partial charge in [-0.3, -0.25) is 0 Å². The third-order valence-corrected chi connectivity index (χ3v) is 2.72. The molecule has 0 unspecified atom stereocenters. The van der Waals surface area contributed by atoms with Crippen LogP contribution in [0.2, 0.25) is 0 Å². The predicted octanol–water partition coefficient (Wildman–Crippen LogP) is -0.284. The molecule has 2 aliphatic rings. The zero-order chi connectivity index (χ0) is 8.55. The van der Waals surface area contributed by atoms with Gasteiger partial charge in [-0.15, -0.1) is 0 Å². The van der Waals surface area contributed by atoms with Crippen molar-refractivity contribution < 1.29 is 4.79 Å². The van der Waals surface area contributed by atoms with E-state index in [9.17, 15) is 4.79 Å². The summed E-state index contributed by atoms with van der Waals surface area (Å²) in [5.41, 5.74) is 0. The van der Waals surface area contributed by atoms with E-state index in [-0.39, 0.29) is 6.03 Å². The van der Waals surface area contributed by atoms with Gasteiger partial charge in [-0.25, -0.2) is 4.79 Å². The largest absolute Gasteiger partial charge is 0.326 e. The molecule has 12 heavy (non-hydrogen) atoms. The highest BCUT2D eigenvalue weighted by Gasteiger charge is 2.32. The first kappa shape index (κ1) is 7.86. The molecular weight excluding hydrogens is 154 g/mol. The summed E-state index contributed by atoms with van der Waals surface area (Å²) in [6.07, 6.45) is 1.11. The first-order valence-electron chi connectivity index (χ1n) is 4.51. The van der Waals surface area contributed by atoms with Crippen LogP contribution in [0.4, 0.5) is 4.79 Å². The van der Waals surface area contributed by atoms with Crippen molar-refractivity contribution in [2.75, 3.05) is 33.2 Å². The van der Waals surface area contributed by atoms with Crippen LogP contribution in [0.3, 0.4) is 0 Å². The zero-order valence-electron chi connectivity index (χ0n) is 7.42. The van der Waals surface area contributed by atoms with Crippen LogP contribution >= 0.6 is 0 Å². The summed E-state index contributed by atoms with van der Waals surface area (Å²) in [6.45, 7) is 3.81. The maximum absolute atomic E-state index is 11.5. The van der Waals surface area contributed by atoms with Gasteiger partial charge in [-0.2, -0.15) is 0 Å². The molecule has 4 nitrogen and oxygen atoms in total. The molecule has 0 aromatic carbocycles. The lowest BCUT2D eigenvalue weighted by molar-refractivity contribution is 0.185. The van der Waals surface area contributed by atoms with Crippen LogP contribution in [-0.4, -0.2) is 55.1 Å². The van der Waals surface area contributed by atoms with Gasteiger partial charge in [-0.05, 0) is 13.0 Å². The van der Waals surface area contributed by atoms with Crippen molar-refractivity contribution in [3.8, 4) is 0 Å². The third kappa shape index (κ3) is 1.16. The minimum absolute atomic E-state index is 0.198. The van der Waals surface area contributed by atoms with Gasteiger partial charge in [0.2, 0.25) is 0 Å². The van der Waals surface area contributed by atoms with Crippen molar-refractivity contribution >= 4 is 6.03 Å². The minimum Gasteiger partial charge on any atom is -0.326 e. The van der Waals surface area contributed by atoms with Gasteiger partial charge in [0.1, 0.15) is 0 Å². The second-order valence-electron chi connectivity index (χ2n) is 3.54. The lowest BCUT2D eigenvalue weighted by atomic mass is 10.2. The Hall–Kier alpha value is -0.770. The highest BCUT2D eigenvalue weighted by atomic mass is 16.2. The first-order valence-corrected chi connectivity index (χ1v) is 4.51. The molecule has 2 aliphatic heterocycles. The van der Waals surface area contributed by atoms with Crippen LogP contribution in [0.1, 0.15) is 6.42 Å². The Morgan fingerprint density at radius 2 is 2.33 bits per heavy atom. The second kappa shape index (κ2) is 2.94. The van der Waals surface area contributed by atoms with Crippen molar-refractivity contribution in [2.24, 2.45) is 0 Å². The average molecular weight is 169 g/mol.